The minimum atomic E-state index is 1.05. The Morgan fingerprint density at radius 3 is 0.959 bits per heavy atom. The van der Waals surface area contributed by atoms with E-state index in [4.69, 9.17) is 0 Å². The highest BCUT2D eigenvalue weighted by Crippen LogP contribution is 2.23. The van der Waals surface area contributed by atoms with E-state index in [0.717, 1.165) is 13.1 Å². The zero-order chi connectivity index (χ0) is 34.2. The quantitative estimate of drug-likeness (QED) is 0.0424. The normalized spacial score (nSPS) is 11.5. The van der Waals surface area contributed by atoms with Crippen LogP contribution in [0.25, 0.3) is 23.0 Å². The lowest BCUT2D eigenvalue weighted by Crippen LogP contribution is -2.42. The molecule has 2 aromatic carbocycles. The van der Waals surface area contributed by atoms with E-state index in [9.17, 15) is 0 Å². The van der Waals surface area contributed by atoms with Gasteiger partial charge in [0.05, 0.1) is 13.1 Å². The van der Waals surface area contributed by atoms with Crippen LogP contribution in [0, 0.1) is 0 Å². The molecule has 4 heteroatoms. The molecule has 0 atom stereocenters. The summed E-state index contributed by atoms with van der Waals surface area (Å²) in [5.74, 6) is 2.54. The third-order valence-corrected chi connectivity index (χ3v) is 10.3. The molecule has 0 spiro atoms. The SMILES string of the molecule is CCCCCCCCCCCCCC[n+]1ccn(-c2ccccc2)c1-c1n(-c2ccccc2)cc[n+]1CCCCCCCCCCCCC. The summed E-state index contributed by atoms with van der Waals surface area (Å²) in [5, 5.41) is 0. The average Bonchev–Trinajstić information content (AvgIpc) is 3.75. The molecule has 0 aliphatic carbocycles. The lowest BCUT2D eigenvalue weighted by atomic mass is 10.1. The maximum Gasteiger partial charge on any atom is 0.378 e. The fraction of sp³-hybridized carbons (Fsp3) is 0.600. The van der Waals surface area contributed by atoms with Crippen LogP contribution in [0.5, 0.6) is 0 Å². The fourth-order valence-electron chi connectivity index (χ4n) is 7.35. The molecule has 4 rings (SSSR count). The van der Waals surface area contributed by atoms with E-state index in [2.05, 4.69) is 118 Å². The highest BCUT2D eigenvalue weighted by Gasteiger charge is 2.34. The first-order valence-corrected chi connectivity index (χ1v) is 20.7. The number of nitrogens with zero attached hydrogens (tertiary/aromatic N) is 4. The molecule has 0 aliphatic heterocycles. The van der Waals surface area contributed by atoms with Gasteiger partial charge in [-0.25, -0.2) is 9.13 Å². The van der Waals surface area contributed by atoms with E-state index < -0.39 is 0 Å². The van der Waals surface area contributed by atoms with Crippen molar-refractivity contribution in [2.45, 2.75) is 175 Å². The highest BCUT2D eigenvalue weighted by molar-refractivity contribution is 5.49. The minimum Gasteiger partial charge on any atom is -0.223 e. The molecule has 0 fully saturated rings. The van der Waals surface area contributed by atoms with Crippen LogP contribution >= 0.6 is 0 Å². The van der Waals surface area contributed by atoms with E-state index in [-0.39, 0.29) is 0 Å². The number of rotatable bonds is 28. The zero-order valence-electron chi connectivity index (χ0n) is 31.5. The molecule has 0 saturated carbocycles. The molecule has 2 aromatic heterocycles. The van der Waals surface area contributed by atoms with Gasteiger partial charge in [0.1, 0.15) is 36.2 Å². The predicted molar refractivity (Wildman–Crippen MR) is 208 cm³/mol. The van der Waals surface area contributed by atoms with Crippen molar-refractivity contribution in [1.82, 2.24) is 9.13 Å². The molecule has 0 amide bonds. The standard InChI is InChI=1S/C45H70N4/c1-3-5-7-9-11-13-15-17-19-21-23-31-37-47-39-41-49(43-34-28-25-29-35-43)45(47)44-46(38-40-48(44)42-32-26-24-27-33-42)36-30-22-20-18-16-14-12-10-8-6-4-2/h24-29,32-35,38-41H,3-23,30-31,36-37H2,1-2H3/q+2. The van der Waals surface area contributed by atoms with Crippen molar-refractivity contribution < 1.29 is 9.13 Å². The van der Waals surface area contributed by atoms with Crippen LogP contribution in [0.2, 0.25) is 0 Å². The van der Waals surface area contributed by atoms with Gasteiger partial charge in [0.25, 0.3) is 0 Å². The van der Waals surface area contributed by atoms with Gasteiger partial charge in [-0.1, -0.05) is 172 Å². The molecule has 268 valence electrons. The first kappa shape index (κ1) is 38.7. The second-order valence-corrected chi connectivity index (χ2v) is 14.5. The number of para-hydroxylation sites is 2. The third kappa shape index (κ3) is 13.6. The van der Waals surface area contributed by atoms with Gasteiger partial charge in [0, 0.05) is 0 Å². The summed E-state index contributed by atoms with van der Waals surface area (Å²) >= 11 is 0. The summed E-state index contributed by atoms with van der Waals surface area (Å²) in [5.41, 5.74) is 2.43. The largest absolute Gasteiger partial charge is 0.378 e. The molecule has 4 aromatic rings. The molecule has 2 heterocycles. The molecule has 0 radical (unpaired) electrons. The number of hydrogen-bond acceptors (Lipinski definition) is 0. The Kier molecular flexibility index (Phi) is 19.0. The predicted octanol–water partition coefficient (Wildman–Crippen LogP) is 12.5. The fourth-order valence-corrected chi connectivity index (χ4v) is 7.35. The van der Waals surface area contributed by atoms with Crippen molar-refractivity contribution in [2.75, 3.05) is 0 Å². The van der Waals surface area contributed by atoms with Gasteiger partial charge >= 0.3 is 11.6 Å². The Bertz CT molecular complexity index is 1370. The van der Waals surface area contributed by atoms with Gasteiger partial charge in [-0.15, -0.1) is 0 Å². The van der Waals surface area contributed by atoms with Gasteiger partial charge in [-0.2, -0.15) is 9.13 Å². The van der Waals surface area contributed by atoms with Gasteiger partial charge in [0.15, 0.2) is 0 Å². The van der Waals surface area contributed by atoms with E-state index in [1.165, 1.54) is 171 Å². The molecule has 4 nitrogen and oxygen atoms in total. The summed E-state index contributed by atoms with van der Waals surface area (Å²) in [4.78, 5) is 0. The first-order valence-electron chi connectivity index (χ1n) is 20.7. The van der Waals surface area contributed by atoms with Crippen LogP contribution in [0.15, 0.2) is 85.5 Å². The maximum atomic E-state index is 2.52. The van der Waals surface area contributed by atoms with Crippen LogP contribution in [-0.2, 0) is 13.1 Å². The summed E-state index contributed by atoms with van der Waals surface area (Å²) < 4.78 is 9.86. The Hall–Kier alpha value is -3.14. The Labute approximate surface area is 300 Å². The monoisotopic (exact) mass is 667 g/mol. The molecular formula is C45H70N4+2. The number of imidazole rings is 2. The third-order valence-electron chi connectivity index (χ3n) is 10.3. The minimum absolute atomic E-state index is 1.05. The molecule has 0 unspecified atom stereocenters. The first-order chi connectivity index (χ1) is 24.3. The van der Waals surface area contributed by atoms with Gasteiger partial charge in [0.2, 0.25) is 0 Å². The Balaban J connectivity index is 1.40. The molecule has 0 saturated heterocycles. The number of benzene rings is 2. The van der Waals surface area contributed by atoms with E-state index in [0.29, 0.717) is 0 Å². The van der Waals surface area contributed by atoms with Crippen LogP contribution in [0.3, 0.4) is 0 Å². The molecule has 0 N–H and O–H groups in total. The molecule has 49 heavy (non-hydrogen) atoms. The second-order valence-electron chi connectivity index (χ2n) is 14.5. The summed E-state index contributed by atoms with van der Waals surface area (Å²) in [6, 6.07) is 21.8. The van der Waals surface area contributed by atoms with Crippen molar-refractivity contribution in [2.24, 2.45) is 0 Å². The number of hydrogen-bond donors (Lipinski definition) is 0. The summed E-state index contributed by atoms with van der Waals surface area (Å²) in [7, 11) is 0. The summed E-state index contributed by atoms with van der Waals surface area (Å²) in [6.07, 6.45) is 40.8. The number of aromatic nitrogens is 4. The van der Waals surface area contributed by atoms with Crippen LogP contribution < -0.4 is 9.13 Å². The highest BCUT2D eigenvalue weighted by atomic mass is 15.2. The van der Waals surface area contributed by atoms with Crippen LogP contribution in [-0.4, -0.2) is 9.13 Å². The van der Waals surface area contributed by atoms with Crippen LogP contribution in [0.4, 0.5) is 0 Å². The van der Waals surface area contributed by atoms with Gasteiger partial charge in [-0.3, -0.25) is 0 Å². The Morgan fingerprint density at radius 2 is 0.653 bits per heavy atom. The lowest BCUT2D eigenvalue weighted by Gasteiger charge is -2.08. The second kappa shape index (κ2) is 24.1. The van der Waals surface area contributed by atoms with Crippen molar-refractivity contribution in [1.29, 1.82) is 0 Å². The smallest absolute Gasteiger partial charge is 0.223 e. The average molecular weight is 667 g/mol. The number of unbranched alkanes of at least 4 members (excludes halogenated alkanes) is 21. The van der Waals surface area contributed by atoms with Gasteiger partial charge in [-0.05, 0) is 49.9 Å². The van der Waals surface area contributed by atoms with Gasteiger partial charge < -0.3 is 0 Å². The molecule has 0 bridgehead atoms. The van der Waals surface area contributed by atoms with E-state index in [1.54, 1.807) is 0 Å². The van der Waals surface area contributed by atoms with E-state index in [1.807, 2.05) is 0 Å². The van der Waals surface area contributed by atoms with Crippen molar-refractivity contribution in [3.63, 3.8) is 0 Å². The van der Waals surface area contributed by atoms with Crippen LogP contribution in [0.1, 0.15) is 162 Å². The topological polar surface area (TPSA) is 17.6 Å². The Morgan fingerprint density at radius 1 is 0.367 bits per heavy atom. The maximum absolute atomic E-state index is 2.52. The molecular weight excluding hydrogens is 597 g/mol. The number of aryl methyl sites for hydroxylation is 2. The zero-order valence-corrected chi connectivity index (χ0v) is 31.5. The van der Waals surface area contributed by atoms with E-state index >= 15 is 0 Å². The molecule has 0 aliphatic rings. The van der Waals surface area contributed by atoms with Crippen molar-refractivity contribution in [3.05, 3.63) is 85.5 Å². The van der Waals surface area contributed by atoms with Crippen molar-refractivity contribution >= 4 is 0 Å². The van der Waals surface area contributed by atoms with Crippen molar-refractivity contribution in [3.8, 4) is 23.0 Å². The summed E-state index contributed by atoms with van der Waals surface area (Å²) in [6.45, 7) is 6.70. The lowest BCUT2D eigenvalue weighted by molar-refractivity contribution is -0.715.